The number of hydrogen-bond acceptors (Lipinski definition) is 5. The summed E-state index contributed by atoms with van der Waals surface area (Å²) in [5.41, 5.74) is 1.65. The van der Waals surface area contributed by atoms with Crippen LogP contribution in [0.3, 0.4) is 0 Å². The minimum atomic E-state index is -4.28. The predicted octanol–water partition coefficient (Wildman–Crippen LogP) is 6.75. The van der Waals surface area contributed by atoms with Crippen molar-refractivity contribution in [1.29, 1.82) is 0 Å². The van der Waals surface area contributed by atoms with Gasteiger partial charge in [0.1, 0.15) is 18.3 Å². The first-order valence-corrected chi connectivity index (χ1v) is 17.0. The number of hydrogen-bond donors (Lipinski definition) is 1. The molecular formula is C35H37Cl2N3O5S. The third-order valence-corrected chi connectivity index (χ3v) is 9.73. The Morgan fingerprint density at radius 2 is 1.46 bits per heavy atom. The summed E-state index contributed by atoms with van der Waals surface area (Å²) in [6.07, 6.45) is 0.888. The summed E-state index contributed by atoms with van der Waals surface area (Å²) >= 11 is 12.6. The van der Waals surface area contributed by atoms with Crippen LogP contribution in [0.4, 0.5) is 5.69 Å². The molecule has 0 fully saturated rings. The lowest BCUT2D eigenvalue weighted by atomic mass is 10.0. The Hall–Kier alpha value is -4.05. The lowest BCUT2D eigenvalue weighted by Gasteiger charge is -2.34. The van der Waals surface area contributed by atoms with Crippen molar-refractivity contribution >= 4 is 50.7 Å². The van der Waals surface area contributed by atoms with E-state index >= 15 is 0 Å². The van der Waals surface area contributed by atoms with Crippen molar-refractivity contribution in [3.8, 4) is 5.75 Å². The highest BCUT2D eigenvalue weighted by molar-refractivity contribution is 7.92. The maximum Gasteiger partial charge on any atom is 0.264 e. The van der Waals surface area contributed by atoms with Crippen molar-refractivity contribution in [3.63, 3.8) is 0 Å². The molecule has 0 saturated heterocycles. The van der Waals surface area contributed by atoms with Crippen LogP contribution < -0.4 is 14.4 Å². The number of methoxy groups -OCH3 is 1. The molecule has 2 unspecified atom stereocenters. The fourth-order valence-electron chi connectivity index (χ4n) is 4.89. The van der Waals surface area contributed by atoms with Gasteiger partial charge >= 0.3 is 0 Å². The minimum Gasteiger partial charge on any atom is -0.497 e. The summed E-state index contributed by atoms with van der Waals surface area (Å²) in [5, 5.41) is 3.43. The molecule has 0 radical (unpaired) electrons. The number of benzene rings is 4. The highest BCUT2D eigenvalue weighted by atomic mass is 35.5. The number of ether oxygens (including phenoxy) is 1. The van der Waals surface area contributed by atoms with E-state index in [2.05, 4.69) is 5.32 Å². The van der Waals surface area contributed by atoms with Gasteiger partial charge in [0, 0.05) is 29.1 Å². The molecule has 2 atom stereocenters. The van der Waals surface area contributed by atoms with Crippen LogP contribution in [-0.2, 0) is 32.6 Å². The van der Waals surface area contributed by atoms with Gasteiger partial charge in [0.05, 0.1) is 17.7 Å². The molecule has 46 heavy (non-hydrogen) atoms. The predicted molar refractivity (Wildman–Crippen MR) is 183 cm³/mol. The number of carbonyl (C=O) groups excluding carboxylic acids is 2. The van der Waals surface area contributed by atoms with E-state index in [9.17, 15) is 18.0 Å². The van der Waals surface area contributed by atoms with Crippen LogP contribution in [0.1, 0.15) is 31.4 Å². The number of nitrogens with zero attached hydrogens (tertiary/aromatic N) is 2. The van der Waals surface area contributed by atoms with Gasteiger partial charge in [-0.3, -0.25) is 13.9 Å². The third-order valence-electron chi connectivity index (χ3n) is 7.50. The molecule has 0 bridgehead atoms. The Bertz CT molecular complexity index is 1720. The van der Waals surface area contributed by atoms with Gasteiger partial charge in [-0.2, -0.15) is 0 Å². The molecule has 4 rings (SSSR count). The van der Waals surface area contributed by atoms with E-state index in [4.69, 9.17) is 27.9 Å². The maximum atomic E-state index is 14.6. The van der Waals surface area contributed by atoms with Crippen LogP contribution in [0.2, 0.25) is 10.0 Å². The van der Waals surface area contributed by atoms with Gasteiger partial charge in [-0.15, -0.1) is 0 Å². The molecule has 0 spiro atoms. The molecule has 0 aliphatic carbocycles. The van der Waals surface area contributed by atoms with E-state index in [1.54, 1.807) is 43.5 Å². The normalized spacial score (nSPS) is 12.5. The summed E-state index contributed by atoms with van der Waals surface area (Å²) in [6.45, 7) is 3.23. The molecule has 0 aliphatic rings. The van der Waals surface area contributed by atoms with Gasteiger partial charge in [-0.05, 0) is 66.9 Å². The lowest BCUT2D eigenvalue weighted by Crippen LogP contribution is -2.54. The van der Waals surface area contributed by atoms with Crippen molar-refractivity contribution in [1.82, 2.24) is 10.2 Å². The first-order chi connectivity index (χ1) is 22.0. The van der Waals surface area contributed by atoms with Crippen molar-refractivity contribution < 1.29 is 22.7 Å². The molecule has 1 N–H and O–H groups in total. The lowest BCUT2D eigenvalue weighted by molar-refractivity contribution is -0.140. The van der Waals surface area contributed by atoms with E-state index < -0.39 is 28.5 Å². The van der Waals surface area contributed by atoms with Crippen LogP contribution in [0.5, 0.6) is 5.75 Å². The van der Waals surface area contributed by atoms with Gasteiger partial charge in [0.15, 0.2) is 0 Å². The highest BCUT2D eigenvalue weighted by Crippen LogP contribution is 2.30. The number of sulfonamides is 1. The molecule has 8 nitrogen and oxygen atoms in total. The molecule has 242 valence electrons. The van der Waals surface area contributed by atoms with Crippen LogP contribution in [0.15, 0.2) is 108 Å². The fraction of sp³-hybridized carbons (Fsp3) is 0.257. The number of carbonyl (C=O) groups is 2. The van der Waals surface area contributed by atoms with Crippen LogP contribution in [-0.4, -0.2) is 50.9 Å². The summed E-state index contributed by atoms with van der Waals surface area (Å²) in [5.74, 6) is -0.369. The Morgan fingerprint density at radius 3 is 2.07 bits per heavy atom. The first-order valence-electron chi connectivity index (χ1n) is 14.8. The molecular weight excluding hydrogens is 645 g/mol. The maximum absolute atomic E-state index is 14.6. The number of amides is 2. The average Bonchev–Trinajstić information content (AvgIpc) is 3.05. The molecule has 0 saturated carbocycles. The van der Waals surface area contributed by atoms with E-state index in [1.165, 1.54) is 35.2 Å². The highest BCUT2D eigenvalue weighted by Gasteiger charge is 2.35. The number of rotatable bonds is 14. The van der Waals surface area contributed by atoms with E-state index in [0.29, 0.717) is 17.7 Å². The minimum absolute atomic E-state index is 0.0109. The quantitative estimate of drug-likeness (QED) is 0.159. The fourth-order valence-corrected chi connectivity index (χ4v) is 6.83. The number of anilines is 1. The van der Waals surface area contributed by atoms with Gasteiger partial charge in [-0.1, -0.05) is 90.8 Å². The van der Waals surface area contributed by atoms with Crippen molar-refractivity contribution in [2.75, 3.05) is 18.0 Å². The Balaban J connectivity index is 1.83. The Labute approximate surface area is 280 Å². The third kappa shape index (κ3) is 9.02. The van der Waals surface area contributed by atoms with E-state index in [-0.39, 0.29) is 45.5 Å². The second-order valence-electron chi connectivity index (χ2n) is 10.8. The molecule has 0 aromatic heterocycles. The van der Waals surface area contributed by atoms with Crippen molar-refractivity contribution in [2.45, 2.75) is 50.2 Å². The summed E-state index contributed by atoms with van der Waals surface area (Å²) < 4.78 is 34.6. The molecule has 0 heterocycles. The SMILES string of the molecule is CCC(C)NC(=O)C(Cc1ccccc1)N(Cc1cccc(OC)c1)C(=O)CN(c1cc(Cl)cc(Cl)c1)S(=O)(=O)c1ccccc1. The van der Waals surface area contributed by atoms with Gasteiger partial charge in [0.25, 0.3) is 10.0 Å². The number of halogens is 2. The monoisotopic (exact) mass is 681 g/mol. The summed E-state index contributed by atoms with van der Waals surface area (Å²) in [7, 11) is -2.74. The topological polar surface area (TPSA) is 96.0 Å². The van der Waals surface area contributed by atoms with Gasteiger partial charge in [0.2, 0.25) is 11.8 Å². The molecule has 4 aromatic rings. The van der Waals surface area contributed by atoms with E-state index in [1.807, 2.05) is 50.2 Å². The van der Waals surface area contributed by atoms with Crippen molar-refractivity contribution in [3.05, 3.63) is 124 Å². The van der Waals surface area contributed by atoms with Crippen LogP contribution in [0, 0.1) is 0 Å². The van der Waals surface area contributed by atoms with Crippen LogP contribution in [0.25, 0.3) is 0 Å². The summed E-state index contributed by atoms with van der Waals surface area (Å²) in [4.78, 5) is 29.9. The Kier molecular flexibility index (Phi) is 12.1. The molecule has 11 heteroatoms. The first kappa shape index (κ1) is 34.8. The zero-order valence-electron chi connectivity index (χ0n) is 25.9. The van der Waals surface area contributed by atoms with E-state index in [0.717, 1.165) is 9.87 Å². The second-order valence-corrected chi connectivity index (χ2v) is 13.6. The number of nitrogens with one attached hydrogen (secondary N) is 1. The smallest absolute Gasteiger partial charge is 0.264 e. The van der Waals surface area contributed by atoms with Crippen molar-refractivity contribution in [2.24, 2.45) is 0 Å². The molecule has 0 aliphatic heterocycles. The summed E-state index contributed by atoms with van der Waals surface area (Å²) in [6, 6.07) is 27.6. The molecule has 2 amide bonds. The zero-order valence-corrected chi connectivity index (χ0v) is 28.2. The average molecular weight is 683 g/mol. The molecule has 4 aromatic carbocycles. The largest absolute Gasteiger partial charge is 0.497 e. The standard InChI is InChI=1S/C35H37Cl2N3O5S/c1-4-25(2)38-35(42)33(19-26-12-7-5-8-13-26)39(23-27-14-11-15-31(18-27)45-3)34(41)24-40(30-21-28(36)20-29(37)22-30)46(43,44)32-16-9-6-10-17-32/h5-18,20-22,25,33H,4,19,23-24H2,1-3H3,(H,38,42). The van der Waals surface area contributed by atoms with Gasteiger partial charge < -0.3 is 15.0 Å². The van der Waals surface area contributed by atoms with Gasteiger partial charge in [-0.25, -0.2) is 8.42 Å². The van der Waals surface area contributed by atoms with Crippen LogP contribution >= 0.6 is 23.2 Å². The second kappa shape index (κ2) is 16.0. The Morgan fingerprint density at radius 1 is 0.848 bits per heavy atom. The zero-order chi connectivity index (χ0) is 33.3.